The molecular formula is C17H16N4. The van der Waals surface area contributed by atoms with Gasteiger partial charge in [-0.3, -0.25) is 4.98 Å². The Morgan fingerprint density at radius 2 is 2.10 bits per heavy atom. The van der Waals surface area contributed by atoms with Crippen molar-refractivity contribution in [1.82, 2.24) is 14.5 Å². The maximum absolute atomic E-state index is 6.27. The molecule has 0 bridgehead atoms. The second-order valence-corrected chi connectivity index (χ2v) is 4.79. The van der Waals surface area contributed by atoms with Crippen molar-refractivity contribution in [2.75, 3.05) is 5.73 Å². The summed E-state index contributed by atoms with van der Waals surface area (Å²) in [6.45, 7) is 2.47. The number of aryl methyl sites for hydroxylation is 1. The molecule has 0 amide bonds. The van der Waals surface area contributed by atoms with E-state index in [2.05, 4.69) is 15.9 Å². The summed E-state index contributed by atoms with van der Waals surface area (Å²) in [6, 6.07) is 9.96. The van der Waals surface area contributed by atoms with Gasteiger partial charge in [0.05, 0.1) is 12.1 Å². The predicted octanol–water partition coefficient (Wildman–Crippen LogP) is 2.88. The van der Waals surface area contributed by atoms with Crippen LogP contribution in [0.5, 0.6) is 0 Å². The lowest BCUT2D eigenvalue weighted by Gasteiger charge is -2.05. The van der Waals surface area contributed by atoms with Crippen molar-refractivity contribution in [1.29, 1.82) is 0 Å². The minimum Gasteiger partial charge on any atom is -0.383 e. The van der Waals surface area contributed by atoms with Crippen LogP contribution < -0.4 is 5.73 Å². The molecule has 1 aromatic carbocycles. The van der Waals surface area contributed by atoms with Gasteiger partial charge in [0.1, 0.15) is 17.3 Å². The molecule has 3 aromatic rings. The summed E-state index contributed by atoms with van der Waals surface area (Å²) in [7, 11) is 0. The van der Waals surface area contributed by atoms with Crippen LogP contribution in [0.3, 0.4) is 0 Å². The molecule has 2 heterocycles. The summed E-state index contributed by atoms with van der Waals surface area (Å²) >= 11 is 0. The topological polar surface area (TPSA) is 56.7 Å². The van der Waals surface area contributed by atoms with E-state index in [4.69, 9.17) is 12.2 Å². The highest BCUT2D eigenvalue weighted by molar-refractivity contribution is 5.94. The number of anilines is 1. The molecule has 104 valence electrons. The molecule has 2 N–H and O–H groups in total. The normalized spacial score (nSPS) is 10.7. The summed E-state index contributed by atoms with van der Waals surface area (Å²) in [5.74, 6) is 4.13. The minimum absolute atomic E-state index is 0.431. The summed E-state index contributed by atoms with van der Waals surface area (Å²) in [5, 5.41) is 1.07. The van der Waals surface area contributed by atoms with Crippen molar-refractivity contribution in [3.63, 3.8) is 0 Å². The molecule has 4 heteroatoms. The van der Waals surface area contributed by atoms with Gasteiger partial charge in [0.25, 0.3) is 0 Å². The van der Waals surface area contributed by atoms with Crippen molar-refractivity contribution in [2.24, 2.45) is 0 Å². The summed E-state index contributed by atoms with van der Waals surface area (Å²) in [4.78, 5) is 9.13. The molecule has 0 saturated heterocycles. The van der Waals surface area contributed by atoms with Crippen LogP contribution in [0.25, 0.3) is 22.2 Å². The maximum atomic E-state index is 6.27. The first kappa shape index (κ1) is 13.2. The smallest absolute Gasteiger partial charge is 0.132 e. The van der Waals surface area contributed by atoms with E-state index in [0.717, 1.165) is 34.4 Å². The quantitative estimate of drug-likeness (QED) is 0.748. The van der Waals surface area contributed by atoms with E-state index in [1.165, 1.54) is 0 Å². The standard InChI is InChI=1S/C17H16N4/c1-3-11-21-14(4-2)20-16(17(21)18)13-9-5-7-12-8-6-10-19-15(12)13/h1,5-10H,4,11,18H2,2H3. The first-order chi connectivity index (χ1) is 10.3. The average Bonchev–Trinajstić information content (AvgIpc) is 2.84. The lowest BCUT2D eigenvalue weighted by Crippen LogP contribution is -2.05. The Kier molecular flexibility index (Phi) is 3.33. The highest BCUT2D eigenvalue weighted by Gasteiger charge is 2.16. The van der Waals surface area contributed by atoms with Gasteiger partial charge in [-0.1, -0.05) is 37.1 Å². The third-order valence-corrected chi connectivity index (χ3v) is 3.54. The Bertz CT molecular complexity index is 834. The Labute approximate surface area is 123 Å². The molecule has 21 heavy (non-hydrogen) atoms. The minimum atomic E-state index is 0.431. The van der Waals surface area contributed by atoms with Crippen molar-refractivity contribution in [3.8, 4) is 23.6 Å². The van der Waals surface area contributed by atoms with Crippen LogP contribution in [0.15, 0.2) is 36.5 Å². The Morgan fingerprint density at radius 3 is 2.86 bits per heavy atom. The first-order valence-electron chi connectivity index (χ1n) is 6.88. The number of terminal acetylenes is 1. The van der Waals surface area contributed by atoms with E-state index < -0.39 is 0 Å². The van der Waals surface area contributed by atoms with E-state index in [9.17, 15) is 0 Å². The monoisotopic (exact) mass is 276 g/mol. The molecule has 0 aliphatic rings. The van der Waals surface area contributed by atoms with E-state index in [0.29, 0.717) is 12.4 Å². The fraction of sp³-hybridized carbons (Fsp3) is 0.176. The zero-order chi connectivity index (χ0) is 14.8. The fourth-order valence-corrected chi connectivity index (χ4v) is 2.54. The zero-order valence-corrected chi connectivity index (χ0v) is 11.9. The molecule has 0 aliphatic heterocycles. The van der Waals surface area contributed by atoms with Gasteiger partial charge < -0.3 is 10.3 Å². The van der Waals surface area contributed by atoms with E-state index in [1.54, 1.807) is 6.20 Å². The third kappa shape index (κ3) is 2.13. The molecule has 0 radical (unpaired) electrons. The van der Waals surface area contributed by atoms with Crippen LogP contribution in [0.1, 0.15) is 12.7 Å². The summed E-state index contributed by atoms with van der Waals surface area (Å²) < 4.78 is 1.89. The number of imidazole rings is 1. The summed E-state index contributed by atoms with van der Waals surface area (Å²) in [6.07, 6.45) is 7.99. The number of rotatable bonds is 3. The van der Waals surface area contributed by atoms with Crippen molar-refractivity contribution >= 4 is 16.7 Å². The number of para-hydroxylation sites is 1. The van der Waals surface area contributed by atoms with Crippen LogP contribution in [0, 0.1) is 12.3 Å². The lowest BCUT2D eigenvalue weighted by molar-refractivity contribution is 0.769. The largest absolute Gasteiger partial charge is 0.383 e. The number of nitrogens with zero attached hydrogens (tertiary/aromatic N) is 3. The molecular weight excluding hydrogens is 260 g/mol. The SMILES string of the molecule is C#CCn1c(CC)nc(-c2cccc3cccnc23)c1N. The van der Waals surface area contributed by atoms with Crippen LogP contribution in [0.2, 0.25) is 0 Å². The van der Waals surface area contributed by atoms with E-state index in [1.807, 2.05) is 41.8 Å². The van der Waals surface area contributed by atoms with Crippen LogP contribution >= 0.6 is 0 Å². The van der Waals surface area contributed by atoms with Gasteiger partial charge in [0.2, 0.25) is 0 Å². The number of benzene rings is 1. The molecule has 0 unspecified atom stereocenters. The Balaban J connectivity index is 2.27. The molecule has 0 aliphatic carbocycles. The highest BCUT2D eigenvalue weighted by atomic mass is 15.1. The number of aromatic nitrogens is 3. The second-order valence-electron chi connectivity index (χ2n) is 4.79. The molecule has 0 spiro atoms. The van der Waals surface area contributed by atoms with E-state index >= 15 is 0 Å². The number of fused-ring (bicyclic) bond motifs is 1. The second kappa shape index (κ2) is 5.29. The number of nitrogens with two attached hydrogens (primary N) is 1. The molecule has 2 aromatic heterocycles. The number of hydrogen-bond donors (Lipinski definition) is 1. The van der Waals surface area contributed by atoms with Gasteiger partial charge in [-0.2, -0.15) is 0 Å². The van der Waals surface area contributed by atoms with Gasteiger partial charge in [-0.15, -0.1) is 6.42 Å². The predicted molar refractivity (Wildman–Crippen MR) is 85.6 cm³/mol. The molecule has 0 atom stereocenters. The molecule has 4 nitrogen and oxygen atoms in total. The maximum Gasteiger partial charge on any atom is 0.132 e. The van der Waals surface area contributed by atoms with Crippen LogP contribution in [0.4, 0.5) is 5.82 Å². The van der Waals surface area contributed by atoms with Crippen LogP contribution in [-0.2, 0) is 13.0 Å². The van der Waals surface area contributed by atoms with Gasteiger partial charge in [0.15, 0.2) is 0 Å². The Hall–Kier alpha value is -2.80. The van der Waals surface area contributed by atoms with Gasteiger partial charge >= 0.3 is 0 Å². The highest BCUT2D eigenvalue weighted by Crippen LogP contribution is 2.31. The first-order valence-corrected chi connectivity index (χ1v) is 6.88. The van der Waals surface area contributed by atoms with Crippen molar-refractivity contribution < 1.29 is 0 Å². The fourth-order valence-electron chi connectivity index (χ4n) is 2.54. The van der Waals surface area contributed by atoms with Crippen LogP contribution in [-0.4, -0.2) is 14.5 Å². The number of pyridine rings is 1. The lowest BCUT2D eigenvalue weighted by atomic mass is 10.1. The summed E-state index contributed by atoms with van der Waals surface area (Å²) in [5.41, 5.74) is 8.87. The molecule has 0 saturated carbocycles. The van der Waals surface area contributed by atoms with Crippen molar-refractivity contribution in [2.45, 2.75) is 19.9 Å². The number of hydrogen-bond acceptors (Lipinski definition) is 3. The zero-order valence-electron chi connectivity index (χ0n) is 11.9. The van der Waals surface area contributed by atoms with E-state index in [-0.39, 0.29) is 0 Å². The number of nitrogen functional groups attached to an aromatic ring is 1. The van der Waals surface area contributed by atoms with Gasteiger partial charge in [0, 0.05) is 23.6 Å². The Morgan fingerprint density at radius 1 is 1.29 bits per heavy atom. The third-order valence-electron chi connectivity index (χ3n) is 3.54. The molecule has 0 fully saturated rings. The van der Waals surface area contributed by atoms with Gasteiger partial charge in [-0.05, 0) is 6.07 Å². The van der Waals surface area contributed by atoms with Crippen molar-refractivity contribution in [3.05, 3.63) is 42.4 Å². The molecule has 3 rings (SSSR count). The average molecular weight is 276 g/mol. The van der Waals surface area contributed by atoms with Gasteiger partial charge in [-0.25, -0.2) is 4.98 Å².